The summed E-state index contributed by atoms with van der Waals surface area (Å²) in [5.74, 6) is 0. The minimum absolute atomic E-state index is 0. The van der Waals surface area contributed by atoms with Gasteiger partial charge in [0.2, 0.25) is 0 Å². The van der Waals surface area contributed by atoms with Crippen LogP contribution in [0.1, 0.15) is 0 Å². The van der Waals surface area contributed by atoms with Gasteiger partial charge >= 0.3 is 18.9 Å². The van der Waals surface area contributed by atoms with Gasteiger partial charge in [-0.15, -0.1) is 5.44 Å². The van der Waals surface area contributed by atoms with Crippen LogP contribution in [0.4, 0.5) is 0 Å². The van der Waals surface area contributed by atoms with Gasteiger partial charge in [0.15, 0.2) is 0 Å². The van der Waals surface area contributed by atoms with Gasteiger partial charge in [-0.05, 0) is 18.5 Å². The number of aromatic nitrogens is 1. The predicted molar refractivity (Wildman–Crippen MR) is 78.5 cm³/mol. The van der Waals surface area contributed by atoms with Crippen molar-refractivity contribution in [1.82, 2.24) is 4.98 Å². The summed E-state index contributed by atoms with van der Waals surface area (Å²) < 4.78 is 0. The Labute approximate surface area is 127 Å². The van der Waals surface area contributed by atoms with E-state index in [9.17, 15) is 0 Å². The van der Waals surface area contributed by atoms with E-state index in [0.29, 0.717) is 0 Å². The van der Waals surface area contributed by atoms with Gasteiger partial charge in [-0.25, -0.2) is 0 Å². The minimum Gasteiger partial charge on any atom is -0.663 e. The second-order valence-corrected chi connectivity index (χ2v) is 6.16. The van der Waals surface area contributed by atoms with Crippen molar-refractivity contribution in [2.24, 2.45) is 0 Å². The molecule has 19 heavy (non-hydrogen) atoms. The molecule has 3 rings (SSSR count). The zero-order valence-corrected chi connectivity index (χ0v) is 11.8. The van der Waals surface area contributed by atoms with E-state index in [-0.39, 0.29) is 18.9 Å². The number of nitrogens with zero attached hydrogens (tertiary/aromatic N) is 1. The molecule has 0 fully saturated rings. The first-order valence-corrected chi connectivity index (χ1v) is 7.27. The molecule has 0 saturated carbocycles. The van der Waals surface area contributed by atoms with Gasteiger partial charge in [0.1, 0.15) is 0 Å². The van der Waals surface area contributed by atoms with Crippen molar-refractivity contribution in [3.63, 3.8) is 0 Å². The Balaban J connectivity index is 0.00000133. The molecule has 0 N–H and O–H groups in total. The molecule has 0 aliphatic heterocycles. The molecule has 0 radical (unpaired) electrons. The SMILES string of the molecule is [Li+].c1ccc(P(c2ccccc2)c2ccc[n-]2)cc1. The summed E-state index contributed by atoms with van der Waals surface area (Å²) >= 11 is 0. The number of rotatable bonds is 3. The molecule has 1 heterocycles. The summed E-state index contributed by atoms with van der Waals surface area (Å²) in [4.78, 5) is 4.50. The topological polar surface area (TPSA) is 14.1 Å². The molecule has 0 unspecified atom stereocenters. The van der Waals surface area contributed by atoms with Gasteiger partial charge in [0.25, 0.3) is 0 Å². The Hall–Kier alpha value is -1.25. The monoisotopic (exact) mass is 257 g/mol. The summed E-state index contributed by atoms with van der Waals surface area (Å²) in [6, 6.07) is 25.4. The summed E-state index contributed by atoms with van der Waals surface area (Å²) in [6.45, 7) is 0. The Kier molecular flexibility index (Phi) is 5.05. The van der Waals surface area contributed by atoms with Crippen LogP contribution in [-0.2, 0) is 0 Å². The fraction of sp³-hybridized carbons (Fsp3) is 0. The third kappa shape index (κ3) is 3.20. The fourth-order valence-corrected chi connectivity index (χ4v) is 4.18. The van der Waals surface area contributed by atoms with Gasteiger partial charge in [0.05, 0.1) is 0 Å². The molecule has 88 valence electrons. The van der Waals surface area contributed by atoms with E-state index in [4.69, 9.17) is 0 Å². The summed E-state index contributed by atoms with van der Waals surface area (Å²) in [5.41, 5.74) is 1.17. The summed E-state index contributed by atoms with van der Waals surface area (Å²) in [5, 5.41) is 2.69. The maximum absolute atomic E-state index is 4.50. The molecule has 1 nitrogen and oxygen atoms in total. The third-order valence-corrected chi connectivity index (χ3v) is 5.15. The molecule has 2 aromatic carbocycles. The molecule has 0 bridgehead atoms. The van der Waals surface area contributed by atoms with Gasteiger partial charge in [0, 0.05) is 0 Å². The largest absolute Gasteiger partial charge is 1.00 e. The molecule has 0 aliphatic rings. The Morgan fingerprint density at radius 3 is 1.58 bits per heavy atom. The zero-order valence-electron chi connectivity index (χ0n) is 10.9. The maximum atomic E-state index is 4.50. The van der Waals surface area contributed by atoms with Gasteiger partial charge in [-0.3, -0.25) is 0 Å². The Morgan fingerprint density at radius 1 is 0.632 bits per heavy atom. The van der Waals surface area contributed by atoms with Gasteiger partial charge in [-0.2, -0.15) is 6.20 Å². The van der Waals surface area contributed by atoms with Crippen LogP contribution in [0.2, 0.25) is 0 Å². The number of hydrogen-bond acceptors (Lipinski definition) is 0. The fourth-order valence-electron chi connectivity index (χ4n) is 1.99. The van der Waals surface area contributed by atoms with Crippen LogP contribution in [0.25, 0.3) is 0 Å². The van der Waals surface area contributed by atoms with E-state index in [1.54, 1.807) is 0 Å². The van der Waals surface area contributed by atoms with Gasteiger partial charge < -0.3 is 4.98 Å². The van der Waals surface area contributed by atoms with E-state index in [2.05, 4.69) is 71.7 Å². The van der Waals surface area contributed by atoms with Crippen molar-refractivity contribution >= 4 is 24.0 Å². The minimum atomic E-state index is -0.520. The van der Waals surface area contributed by atoms with Crippen LogP contribution in [-0.4, -0.2) is 0 Å². The normalized spacial score (nSPS) is 10.2. The molecule has 0 spiro atoms. The molecule has 3 aromatic rings. The average molecular weight is 257 g/mol. The Bertz CT molecular complexity index is 554. The summed E-state index contributed by atoms with van der Waals surface area (Å²) in [7, 11) is -0.520. The molecular weight excluding hydrogens is 244 g/mol. The smallest absolute Gasteiger partial charge is 0.663 e. The Morgan fingerprint density at radius 2 is 1.16 bits per heavy atom. The first kappa shape index (κ1) is 14.2. The van der Waals surface area contributed by atoms with Crippen LogP contribution >= 0.6 is 7.92 Å². The molecular formula is C16H13LiNP. The van der Waals surface area contributed by atoms with Crippen LogP contribution in [0.15, 0.2) is 79.0 Å². The van der Waals surface area contributed by atoms with E-state index in [0.717, 1.165) is 0 Å². The quantitative estimate of drug-likeness (QED) is 0.452. The standard InChI is InChI=1S/C16H13NP.Li/c1-3-8-14(9-4-1)18(16-12-7-13-17-16)15-10-5-2-6-11-15;/h1-13H;/q-1;+1. The second-order valence-electron chi connectivity index (χ2n) is 4.00. The van der Waals surface area contributed by atoms with Crippen LogP contribution in [0, 0.1) is 0 Å². The molecule has 0 aliphatic carbocycles. The van der Waals surface area contributed by atoms with Crippen molar-refractivity contribution < 1.29 is 18.9 Å². The van der Waals surface area contributed by atoms with Crippen LogP contribution in [0.3, 0.4) is 0 Å². The third-order valence-electron chi connectivity index (χ3n) is 2.80. The number of benzene rings is 2. The van der Waals surface area contributed by atoms with E-state index in [1.807, 2.05) is 12.3 Å². The molecule has 0 amide bonds. The van der Waals surface area contributed by atoms with Crippen molar-refractivity contribution in [2.75, 3.05) is 0 Å². The van der Waals surface area contributed by atoms with Crippen molar-refractivity contribution in [3.05, 3.63) is 79.0 Å². The van der Waals surface area contributed by atoms with Crippen LogP contribution < -0.4 is 39.9 Å². The van der Waals surface area contributed by atoms with E-state index < -0.39 is 7.92 Å². The molecule has 1 aromatic heterocycles. The van der Waals surface area contributed by atoms with Crippen molar-refractivity contribution in [3.8, 4) is 0 Å². The summed E-state index contributed by atoms with van der Waals surface area (Å²) in [6.07, 6.45) is 1.87. The van der Waals surface area contributed by atoms with E-state index >= 15 is 0 Å². The average Bonchev–Trinajstić information content (AvgIpc) is 2.95. The second kappa shape index (κ2) is 6.78. The van der Waals surface area contributed by atoms with Crippen molar-refractivity contribution in [1.29, 1.82) is 0 Å². The molecule has 0 atom stereocenters. The maximum Gasteiger partial charge on any atom is 1.00 e. The van der Waals surface area contributed by atoms with Gasteiger partial charge in [-0.1, -0.05) is 72.8 Å². The predicted octanol–water partition coefficient (Wildman–Crippen LogP) is -0.594. The zero-order chi connectivity index (χ0) is 12.2. The first-order chi connectivity index (χ1) is 8.95. The van der Waals surface area contributed by atoms with Crippen molar-refractivity contribution in [2.45, 2.75) is 0 Å². The molecule has 0 saturated heterocycles. The molecule has 3 heteroatoms. The van der Waals surface area contributed by atoms with Crippen LogP contribution in [0.5, 0.6) is 0 Å². The van der Waals surface area contributed by atoms with E-state index in [1.165, 1.54) is 16.0 Å². The number of hydrogen-bond donors (Lipinski definition) is 0. The first-order valence-electron chi connectivity index (χ1n) is 5.93.